The number of ether oxygens (including phenoxy) is 4. The zero-order valence-electron chi connectivity index (χ0n) is 12.8. The molecule has 0 aromatic heterocycles. The standard InChI is InChI=1S/C13H20O8S/c1-6(14)18-5-9-11(19-7(2)15)10(17)12(20-8(3)16)13(21-9)22-4/h9-13,17H,5H2,1-4H3. The normalized spacial score (nSPS) is 31.2. The summed E-state index contributed by atoms with van der Waals surface area (Å²) in [5.41, 5.74) is -0.675. The lowest BCUT2D eigenvalue weighted by molar-refractivity contribution is -0.229. The van der Waals surface area contributed by atoms with Crippen molar-refractivity contribution in [2.75, 3.05) is 12.9 Å². The van der Waals surface area contributed by atoms with Crippen LogP contribution in [0.5, 0.6) is 0 Å². The number of carbonyl (C=O) groups excluding carboxylic acids is 3. The maximum absolute atomic E-state index is 11.2. The molecule has 126 valence electrons. The van der Waals surface area contributed by atoms with Crippen molar-refractivity contribution in [3.63, 3.8) is 0 Å². The van der Waals surface area contributed by atoms with Gasteiger partial charge < -0.3 is 24.1 Å². The molecule has 5 atom stereocenters. The van der Waals surface area contributed by atoms with Crippen molar-refractivity contribution in [2.24, 2.45) is 0 Å². The Balaban J connectivity index is 2.94. The van der Waals surface area contributed by atoms with E-state index in [-0.39, 0.29) is 6.61 Å². The highest BCUT2D eigenvalue weighted by molar-refractivity contribution is 7.99. The van der Waals surface area contributed by atoms with E-state index < -0.39 is 47.8 Å². The van der Waals surface area contributed by atoms with Gasteiger partial charge in [-0.2, -0.15) is 0 Å². The molecule has 1 heterocycles. The fraction of sp³-hybridized carbons (Fsp3) is 0.769. The summed E-state index contributed by atoms with van der Waals surface area (Å²) in [4.78, 5) is 33.3. The molecular formula is C13H20O8S. The molecule has 0 aromatic rings. The van der Waals surface area contributed by atoms with Gasteiger partial charge in [-0.3, -0.25) is 14.4 Å². The summed E-state index contributed by atoms with van der Waals surface area (Å²) in [5.74, 6) is -1.75. The maximum Gasteiger partial charge on any atom is 0.303 e. The van der Waals surface area contributed by atoms with Crippen molar-refractivity contribution in [3.05, 3.63) is 0 Å². The highest BCUT2D eigenvalue weighted by atomic mass is 32.2. The molecule has 0 radical (unpaired) electrons. The summed E-state index contributed by atoms with van der Waals surface area (Å²) >= 11 is 1.22. The number of aliphatic hydroxyl groups excluding tert-OH is 1. The fourth-order valence-electron chi connectivity index (χ4n) is 2.07. The number of rotatable bonds is 5. The van der Waals surface area contributed by atoms with Gasteiger partial charge in [0.15, 0.2) is 12.2 Å². The molecular weight excluding hydrogens is 316 g/mol. The first kappa shape index (κ1) is 18.7. The number of hydrogen-bond donors (Lipinski definition) is 1. The van der Waals surface area contributed by atoms with Gasteiger partial charge in [-0.25, -0.2) is 0 Å². The SMILES string of the molecule is CSC1OC(COC(C)=O)C(OC(C)=O)C(O)C1OC(C)=O. The monoisotopic (exact) mass is 336 g/mol. The lowest BCUT2D eigenvalue weighted by Crippen LogP contribution is -2.60. The Morgan fingerprint density at radius 2 is 1.59 bits per heavy atom. The molecule has 0 aliphatic carbocycles. The Kier molecular flexibility index (Phi) is 7.11. The predicted molar refractivity (Wildman–Crippen MR) is 75.9 cm³/mol. The van der Waals surface area contributed by atoms with Crippen LogP contribution in [-0.4, -0.2) is 65.7 Å². The van der Waals surface area contributed by atoms with Crippen molar-refractivity contribution in [1.29, 1.82) is 0 Å². The average molecular weight is 336 g/mol. The van der Waals surface area contributed by atoms with Crippen LogP contribution in [-0.2, 0) is 33.3 Å². The van der Waals surface area contributed by atoms with Gasteiger partial charge in [0.25, 0.3) is 0 Å². The summed E-state index contributed by atoms with van der Waals surface area (Å²) in [6, 6.07) is 0. The van der Waals surface area contributed by atoms with Crippen LogP contribution in [0.2, 0.25) is 0 Å². The van der Waals surface area contributed by atoms with Crippen LogP contribution in [0.15, 0.2) is 0 Å². The molecule has 0 saturated carbocycles. The third kappa shape index (κ3) is 5.15. The van der Waals surface area contributed by atoms with Crippen LogP contribution in [0.4, 0.5) is 0 Å². The van der Waals surface area contributed by atoms with Gasteiger partial charge in [-0.15, -0.1) is 11.8 Å². The Labute approximate surface area is 132 Å². The minimum Gasteiger partial charge on any atom is -0.463 e. The highest BCUT2D eigenvalue weighted by Gasteiger charge is 2.49. The van der Waals surface area contributed by atoms with E-state index in [0.717, 1.165) is 0 Å². The van der Waals surface area contributed by atoms with Crippen molar-refractivity contribution >= 4 is 29.7 Å². The molecule has 0 aromatic carbocycles. The van der Waals surface area contributed by atoms with E-state index in [2.05, 4.69) is 0 Å². The molecule has 1 saturated heterocycles. The summed E-state index contributed by atoms with van der Waals surface area (Å²) in [5, 5.41) is 10.4. The summed E-state index contributed by atoms with van der Waals surface area (Å²) in [6.07, 6.45) is -2.54. The summed E-state index contributed by atoms with van der Waals surface area (Å²) in [6.45, 7) is 3.43. The Morgan fingerprint density at radius 1 is 1.05 bits per heavy atom. The minimum absolute atomic E-state index is 0.186. The zero-order valence-corrected chi connectivity index (χ0v) is 13.6. The second-order valence-corrected chi connectivity index (χ2v) is 5.66. The van der Waals surface area contributed by atoms with Crippen molar-refractivity contribution in [1.82, 2.24) is 0 Å². The minimum atomic E-state index is -1.29. The first-order valence-corrected chi connectivity index (χ1v) is 7.89. The number of carbonyl (C=O) groups is 3. The van der Waals surface area contributed by atoms with E-state index in [4.69, 9.17) is 18.9 Å². The number of thioether (sulfide) groups is 1. The fourth-order valence-corrected chi connectivity index (χ4v) is 2.81. The molecule has 0 bridgehead atoms. The largest absolute Gasteiger partial charge is 0.463 e. The van der Waals surface area contributed by atoms with E-state index in [1.165, 1.54) is 32.5 Å². The van der Waals surface area contributed by atoms with Crippen LogP contribution >= 0.6 is 11.8 Å². The second-order valence-electron chi connectivity index (χ2n) is 4.72. The smallest absolute Gasteiger partial charge is 0.303 e. The molecule has 1 N–H and O–H groups in total. The molecule has 9 heteroatoms. The first-order valence-electron chi connectivity index (χ1n) is 6.60. The Bertz CT molecular complexity index is 424. The highest BCUT2D eigenvalue weighted by Crippen LogP contribution is 2.31. The van der Waals surface area contributed by atoms with E-state index in [9.17, 15) is 19.5 Å². The molecule has 1 fully saturated rings. The average Bonchev–Trinajstić information content (AvgIpc) is 2.41. The molecule has 8 nitrogen and oxygen atoms in total. The van der Waals surface area contributed by atoms with Crippen LogP contribution in [0, 0.1) is 0 Å². The lowest BCUT2D eigenvalue weighted by atomic mass is 9.99. The topological polar surface area (TPSA) is 108 Å². The number of aliphatic hydroxyl groups is 1. The van der Waals surface area contributed by atoms with Crippen LogP contribution < -0.4 is 0 Å². The summed E-state index contributed by atoms with van der Waals surface area (Å²) < 4.78 is 20.6. The second kappa shape index (κ2) is 8.35. The van der Waals surface area contributed by atoms with Crippen LogP contribution in [0.3, 0.4) is 0 Å². The maximum atomic E-state index is 11.2. The van der Waals surface area contributed by atoms with Gasteiger partial charge >= 0.3 is 17.9 Å². The third-order valence-electron chi connectivity index (χ3n) is 2.90. The van der Waals surface area contributed by atoms with Crippen molar-refractivity contribution < 1.29 is 38.4 Å². The first-order chi connectivity index (χ1) is 10.3. The Morgan fingerprint density at radius 3 is 2.05 bits per heavy atom. The van der Waals surface area contributed by atoms with E-state index in [1.54, 1.807) is 6.26 Å². The van der Waals surface area contributed by atoms with Gasteiger partial charge in [-0.1, -0.05) is 0 Å². The van der Waals surface area contributed by atoms with E-state index in [0.29, 0.717) is 0 Å². The van der Waals surface area contributed by atoms with Crippen LogP contribution in [0.1, 0.15) is 20.8 Å². The molecule has 22 heavy (non-hydrogen) atoms. The lowest BCUT2D eigenvalue weighted by Gasteiger charge is -2.42. The van der Waals surface area contributed by atoms with Gasteiger partial charge in [0, 0.05) is 20.8 Å². The molecule has 5 unspecified atom stereocenters. The zero-order chi connectivity index (χ0) is 16.9. The third-order valence-corrected chi connectivity index (χ3v) is 3.75. The summed E-state index contributed by atoms with van der Waals surface area (Å²) in [7, 11) is 0. The number of hydrogen-bond acceptors (Lipinski definition) is 9. The molecule has 0 spiro atoms. The van der Waals surface area contributed by atoms with Crippen molar-refractivity contribution in [3.8, 4) is 0 Å². The van der Waals surface area contributed by atoms with Gasteiger partial charge in [-0.05, 0) is 6.26 Å². The molecule has 1 aliphatic heterocycles. The van der Waals surface area contributed by atoms with E-state index in [1.807, 2.05) is 0 Å². The number of esters is 3. The van der Waals surface area contributed by atoms with Crippen molar-refractivity contribution in [2.45, 2.75) is 50.6 Å². The van der Waals surface area contributed by atoms with Gasteiger partial charge in [0.2, 0.25) is 0 Å². The van der Waals surface area contributed by atoms with Gasteiger partial charge in [0.1, 0.15) is 24.3 Å². The van der Waals surface area contributed by atoms with Gasteiger partial charge in [0.05, 0.1) is 0 Å². The molecule has 1 aliphatic rings. The molecule has 1 rings (SSSR count). The van der Waals surface area contributed by atoms with E-state index >= 15 is 0 Å². The Hall–Kier alpha value is -1.32. The van der Waals surface area contributed by atoms with Crippen LogP contribution in [0.25, 0.3) is 0 Å². The quantitative estimate of drug-likeness (QED) is 0.542. The molecule has 0 amide bonds. The predicted octanol–water partition coefficient (Wildman–Crippen LogP) is -0.138.